The van der Waals surface area contributed by atoms with E-state index >= 15 is 0 Å². The van der Waals surface area contributed by atoms with Crippen LogP contribution in [0.2, 0.25) is 0 Å². The Bertz CT molecular complexity index is 4030. The van der Waals surface area contributed by atoms with Gasteiger partial charge in [0.05, 0.1) is 27.6 Å². The molecule has 0 amide bonds. The highest BCUT2D eigenvalue weighted by molar-refractivity contribution is 7.00. The number of rotatable bonds is 1. The van der Waals surface area contributed by atoms with Gasteiger partial charge in [0.25, 0.3) is 6.71 Å². The van der Waals surface area contributed by atoms with Crippen LogP contribution >= 0.6 is 0 Å². The number of fused-ring (bicyclic) bond motifs is 19. The molecule has 13 aromatic rings. The summed E-state index contributed by atoms with van der Waals surface area (Å²) in [6, 6.07) is 64.5. The molecule has 3 aromatic heterocycles. The molecule has 0 aliphatic carbocycles. The first-order chi connectivity index (χ1) is 30.9. The molecular formula is C59H38BN3. The van der Waals surface area contributed by atoms with Crippen LogP contribution in [0.3, 0.4) is 0 Å². The van der Waals surface area contributed by atoms with E-state index in [0.29, 0.717) is 0 Å². The van der Waals surface area contributed by atoms with Crippen molar-refractivity contribution in [2.75, 3.05) is 0 Å². The highest BCUT2D eigenvalue weighted by Crippen LogP contribution is 2.46. The molecule has 0 radical (unpaired) electrons. The van der Waals surface area contributed by atoms with E-state index in [0.717, 1.165) is 16.6 Å². The Balaban J connectivity index is 1.18. The van der Waals surface area contributed by atoms with Crippen LogP contribution < -0.4 is 16.4 Å². The van der Waals surface area contributed by atoms with E-state index < -0.39 is 0 Å². The zero-order chi connectivity index (χ0) is 41.5. The number of pyridine rings is 1. The van der Waals surface area contributed by atoms with Crippen LogP contribution in [-0.4, -0.2) is 20.8 Å². The first-order valence-electron chi connectivity index (χ1n) is 22.2. The van der Waals surface area contributed by atoms with E-state index in [1.165, 1.54) is 125 Å². The summed E-state index contributed by atoms with van der Waals surface area (Å²) in [5.74, 6) is 0. The normalized spacial score (nSPS) is 13.3. The fourth-order valence-corrected chi connectivity index (χ4v) is 12.0. The van der Waals surface area contributed by atoms with E-state index in [1.807, 2.05) is 0 Å². The van der Waals surface area contributed by atoms with E-state index in [4.69, 9.17) is 4.98 Å². The van der Waals surface area contributed by atoms with Gasteiger partial charge in [0.15, 0.2) is 0 Å². The molecule has 0 fully saturated rings. The molecule has 0 bridgehead atoms. The van der Waals surface area contributed by atoms with Crippen molar-refractivity contribution in [2.45, 2.75) is 26.2 Å². The molecule has 15 rings (SSSR count). The minimum Gasteiger partial charge on any atom is -0.310 e. The third-order valence-electron chi connectivity index (χ3n) is 14.8. The standard InChI is InChI=1S/C59H38BN3/c1-59(2,3)40-22-23-47-38(27-40)26-39(32-61-47)37-30-50-56-51(31-37)63-49-25-21-34-13-5-9-17-42(34)53(49)55-44-19-11-7-15-36(44)29-46(58(55)63)60(56)45-28-35-14-6-10-18-43(35)54-52-41-16-8-4-12-33(41)20-24-48(52)62(50)57(45)54/h4-32H,1-3H3. The lowest BCUT2D eigenvalue weighted by molar-refractivity contribution is 0.591. The Morgan fingerprint density at radius 1 is 0.429 bits per heavy atom. The molecule has 2 aliphatic heterocycles. The van der Waals surface area contributed by atoms with Crippen LogP contribution in [0.25, 0.3) is 120 Å². The Morgan fingerprint density at radius 2 is 0.921 bits per heavy atom. The Morgan fingerprint density at radius 3 is 1.44 bits per heavy atom. The second-order valence-electron chi connectivity index (χ2n) is 19.1. The summed E-state index contributed by atoms with van der Waals surface area (Å²) in [6.45, 7) is 6.86. The van der Waals surface area contributed by atoms with Crippen LogP contribution in [0.5, 0.6) is 0 Å². The summed E-state index contributed by atoms with van der Waals surface area (Å²) in [5.41, 5.74) is 16.3. The van der Waals surface area contributed by atoms with Gasteiger partial charge in [-0.25, -0.2) is 0 Å². The highest BCUT2D eigenvalue weighted by Gasteiger charge is 2.42. The summed E-state index contributed by atoms with van der Waals surface area (Å²) < 4.78 is 5.27. The number of nitrogens with zero attached hydrogens (tertiary/aromatic N) is 3. The molecule has 10 aromatic carbocycles. The van der Waals surface area contributed by atoms with Gasteiger partial charge in [-0.1, -0.05) is 148 Å². The Kier molecular flexibility index (Phi) is 6.26. The van der Waals surface area contributed by atoms with Crippen LogP contribution in [0, 0.1) is 0 Å². The monoisotopic (exact) mass is 799 g/mol. The molecule has 63 heavy (non-hydrogen) atoms. The zero-order valence-corrected chi connectivity index (χ0v) is 35.2. The molecule has 4 heteroatoms. The van der Waals surface area contributed by atoms with Crippen molar-refractivity contribution in [1.82, 2.24) is 14.1 Å². The molecule has 3 nitrogen and oxygen atoms in total. The van der Waals surface area contributed by atoms with Crippen molar-refractivity contribution in [3.63, 3.8) is 0 Å². The fraction of sp³-hybridized carbons (Fsp3) is 0.0678. The smallest absolute Gasteiger partial charge is 0.252 e. The van der Waals surface area contributed by atoms with Crippen molar-refractivity contribution >= 4 is 121 Å². The van der Waals surface area contributed by atoms with Crippen molar-refractivity contribution < 1.29 is 0 Å². The summed E-state index contributed by atoms with van der Waals surface area (Å²) in [5, 5.41) is 16.7. The molecule has 292 valence electrons. The minimum atomic E-state index is -0.00140. The SMILES string of the molecule is CC(C)(C)c1ccc2ncc(-c3cc4c5c(c3)-n3c6ccc7ccccc7c6c6c7ccccc7cc(c63)B5c3cc5ccccc5c5c6c7ccccc7ccc6n-4c35)cc2c1. The van der Waals surface area contributed by atoms with Crippen LogP contribution in [-0.2, 0) is 5.41 Å². The maximum Gasteiger partial charge on any atom is 0.252 e. The Hall–Kier alpha value is -7.69. The van der Waals surface area contributed by atoms with Gasteiger partial charge >= 0.3 is 0 Å². The molecule has 0 saturated carbocycles. The van der Waals surface area contributed by atoms with E-state index in [1.54, 1.807) is 0 Å². The van der Waals surface area contributed by atoms with Gasteiger partial charge in [-0.05, 0) is 118 Å². The topological polar surface area (TPSA) is 22.8 Å². The molecule has 0 N–H and O–H groups in total. The van der Waals surface area contributed by atoms with Gasteiger partial charge in [0.1, 0.15) is 0 Å². The predicted molar refractivity (Wildman–Crippen MR) is 269 cm³/mol. The van der Waals surface area contributed by atoms with Crippen molar-refractivity contribution in [3.8, 4) is 22.5 Å². The molecule has 2 aliphatic rings. The van der Waals surface area contributed by atoms with Gasteiger partial charge < -0.3 is 9.13 Å². The van der Waals surface area contributed by atoms with Crippen molar-refractivity contribution in [3.05, 3.63) is 182 Å². The number of hydrogen-bond acceptors (Lipinski definition) is 1. The first-order valence-corrected chi connectivity index (χ1v) is 22.2. The summed E-state index contributed by atoms with van der Waals surface area (Å²) in [4.78, 5) is 5.13. The average Bonchev–Trinajstić information content (AvgIpc) is 3.87. The number of aromatic nitrogens is 3. The second-order valence-corrected chi connectivity index (χ2v) is 19.1. The maximum atomic E-state index is 5.13. The average molecular weight is 800 g/mol. The van der Waals surface area contributed by atoms with Gasteiger partial charge in [0, 0.05) is 50.1 Å². The molecule has 0 saturated heterocycles. The van der Waals surface area contributed by atoms with Gasteiger partial charge in [-0.3, -0.25) is 4.98 Å². The summed E-state index contributed by atoms with van der Waals surface area (Å²) >= 11 is 0. The first kappa shape index (κ1) is 34.0. The third kappa shape index (κ3) is 4.28. The predicted octanol–water partition coefficient (Wildman–Crippen LogP) is 13.1. The van der Waals surface area contributed by atoms with Gasteiger partial charge in [-0.2, -0.15) is 0 Å². The van der Waals surface area contributed by atoms with Crippen LogP contribution in [0.1, 0.15) is 26.3 Å². The van der Waals surface area contributed by atoms with E-state index in [9.17, 15) is 0 Å². The van der Waals surface area contributed by atoms with Crippen molar-refractivity contribution in [1.29, 1.82) is 0 Å². The lowest BCUT2D eigenvalue weighted by Gasteiger charge is -2.34. The van der Waals surface area contributed by atoms with E-state index in [2.05, 4.69) is 206 Å². The molecule has 0 unspecified atom stereocenters. The minimum absolute atomic E-state index is 0.00140. The van der Waals surface area contributed by atoms with Crippen molar-refractivity contribution in [2.24, 2.45) is 0 Å². The largest absolute Gasteiger partial charge is 0.310 e. The molecule has 0 spiro atoms. The summed E-state index contributed by atoms with van der Waals surface area (Å²) in [7, 11) is 0. The van der Waals surface area contributed by atoms with E-state index in [-0.39, 0.29) is 12.1 Å². The zero-order valence-electron chi connectivity index (χ0n) is 35.2. The quantitative estimate of drug-likeness (QED) is 0.152. The van der Waals surface area contributed by atoms with Crippen LogP contribution in [0.4, 0.5) is 0 Å². The lowest BCUT2D eigenvalue weighted by Crippen LogP contribution is -2.59. The highest BCUT2D eigenvalue weighted by atomic mass is 15.0. The molecule has 0 atom stereocenters. The van der Waals surface area contributed by atoms with Gasteiger partial charge in [-0.15, -0.1) is 0 Å². The molecule has 5 heterocycles. The fourth-order valence-electron chi connectivity index (χ4n) is 12.0. The Labute approximate surface area is 363 Å². The molecular weight excluding hydrogens is 761 g/mol. The number of benzene rings is 10. The van der Waals surface area contributed by atoms with Crippen LogP contribution in [0.15, 0.2) is 176 Å². The third-order valence-corrected chi connectivity index (χ3v) is 14.8. The van der Waals surface area contributed by atoms with Gasteiger partial charge in [0.2, 0.25) is 0 Å². The lowest BCUT2D eigenvalue weighted by atomic mass is 9.34. The number of hydrogen-bond donors (Lipinski definition) is 0. The summed E-state index contributed by atoms with van der Waals surface area (Å²) in [6.07, 6.45) is 2.09. The second kappa shape index (κ2) is 11.6. The maximum absolute atomic E-state index is 5.13.